The van der Waals surface area contributed by atoms with Gasteiger partial charge in [0, 0.05) is 31.1 Å². The van der Waals surface area contributed by atoms with Crippen molar-refractivity contribution in [3.05, 3.63) is 45.9 Å². The average Bonchev–Trinajstić information content (AvgIpc) is 3.23. The lowest BCUT2D eigenvalue weighted by molar-refractivity contribution is -0.117. The van der Waals surface area contributed by atoms with Crippen molar-refractivity contribution in [3.63, 3.8) is 0 Å². The molecule has 0 saturated carbocycles. The topological polar surface area (TPSA) is 65.5 Å². The molecule has 1 saturated heterocycles. The third-order valence-corrected chi connectivity index (χ3v) is 5.33. The zero-order valence-corrected chi connectivity index (χ0v) is 16.2. The van der Waals surface area contributed by atoms with Crippen LogP contribution in [0.3, 0.4) is 0 Å². The van der Waals surface area contributed by atoms with Crippen LogP contribution in [0.1, 0.15) is 42.1 Å². The van der Waals surface area contributed by atoms with E-state index in [2.05, 4.69) is 10.3 Å². The van der Waals surface area contributed by atoms with E-state index in [1.165, 1.54) is 0 Å². The Labute approximate surface area is 157 Å². The number of aromatic nitrogens is 1. The number of thiazole rings is 1. The first kappa shape index (κ1) is 18.4. The van der Waals surface area contributed by atoms with Crippen molar-refractivity contribution in [2.24, 2.45) is 0 Å². The molecule has 0 bridgehead atoms. The lowest BCUT2D eigenvalue weighted by Gasteiger charge is -2.22. The fraction of sp³-hybridized carbons (Fsp3) is 0.421. The van der Waals surface area contributed by atoms with E-state index in [0.717, 1.165) is 34.9 Å². The first-order valence-electron chi connectivity index (χ1n) is 8.77. The van der Waals surface area contributed by atoms with Gasteiger partial charge >= 0.3 is 6.03 Å². The molecule has 6 nitrogen and oxygen atoms in total. The second-order valence-electron chi connectivity index (χ2n) is 6.63. The van der Waals surface area contributed by atoms with Crippen molar-refractivity contribution in [1.82, 2.24) is 15.2 Å². The summed E-state index contributed by atoms with van der Waals surface area (Å²) < 4.78 is 0. The minimum absolute atomic E-state index is 0.147. The smallest absolute Gasteiger partial charge is 0.317 e. The molecule has 1 N–H and O–H groups in total. The van der Waals surface area contributed by atoms with Gasteiger partial charge in [-0.2, -0.15) is 0 Å². The van der Waals surface area contributed by atoms with E-state index in [0.29, 0.717) is 13.0 Å². The Hall–Kier alpha value is -2.41. The summed E-state index contributed by atoms with van der Waals surface area (Å²) >= 11 is 1.58. The molecule has 1 aromatic carbocycles. The number of carbonyl (C=O) groups excluding carboxylic acids is 2. The van der Waals surface area contributed by atoms with E-state index in [1.807, 2.05) is 48.4 Å². The molecule has 1 aromatic heterocycles. The maximum Gasteiger partial charge on any atom is 0.317 e. The molecule has 26 heavy (non-hydrogen) atoms. The highest BCUT2D eigenvalue weighted by molar-refractivity contribution is 7.09. The van der Waals surface area contributed by atoms with Gasteiger partial charge in [0.1, 0.15) is 0 Å². The first-order valence-corrected chi connectivity index (χ1v) is 9.65. The van der Waals surface area contributed by atoms with E-state index >= 15 is 0 Å². The molecule has 2 heterocycles. The van der Waals surface area contributed by atoms with Crippen LogP contribution in [0.25, 0.3) is 0 Å². The summed E-state index contributed by atoms with van der Waals surface area (Å²) in [5.41, 5.74) is 2.78. The minimum Gasteiger partial charge on any atom is -0.331 e. The van der Waals surface area contributed by atoms with Gasteiger partial charge in [-0.25, -0.2) is 9.78 Å². The predicted molar refractivity (Wildman–Crippen MR) is 103 cm³/mol. The van der Waals surface area contributed by atoms with E-state index in [-0.39, 0.29) is 18.0 Å². The molecular weight excluding hydrogens is 348 g/mol. The molecule has 0 spiro atoms. The molecule has 138 valence electrons. The summed E-state index contributed by atoms with van der Waals surface area (Å²) in [4.78, 5) is 32.2. The van der Waals surface area contributed by atoms with Crippen LogP contribution in [0.2, 0.25) is 0 Å². The number of hydrogen-bond donors (Lipinski definition) is 1. The molecule has 1 fully saturated rings. The largest absolute Gasteiger partial charge is 0.331 e. The number of nitrogens with zero attached hydrogens (tertiary/aromatic N) is 3. The van der Waals surface area contributed by atoms with Crippen molar-refractivity contribution in [3.8, 4) is 0 Å². The van der Waals surface area contributed by atoms with Crippen molar-refractivity contribution in [2.75, 3.05) is 18.5 Å². The van der Waals surface area contributed by atoms with Crippen LogP contribution >= 0.6 is 11.3 Å². The van der Waals surface area contributed by atoms with Gasteiger partial charge in [0.15, 0.2) is 0 Å². The number of nitrogens with one attached hydrogen (secondary N) is 1. The summed E-state index contributed by atoms with van der Waals surface area (Å²) in [5.74, 6) is 0.164. The highest BCUT2D eigenvalue weighted by Gasteiger charge is 2.22. The molecule has 3 rings (SSSR count). The highest BCUT2D eigenvalue weighted by Crippen LogP contribution is 2.25. The first-order chi connectivity index (χ1) is 12.4. The molecule has 1 aliphatic rings. The van der Waals surface area contributed by atoms with Crippen LogP contribution in [-0.4, -0.2) is 35.4 Å². The van der Waals surface area contributed by atoms with Crippen molar-refractivity contribution >= 4 is 29.0 Å². The van der Waals surface area contributed by atoms with Crippen LogP contribution in [0.4, 0.5) is 10.5 Å². The summed E-state index contributed by atoms with van der Waals surface area (Å²) in [5, 5.41) is 5.98. The van der Waals surface area contributed by atoms with Crippen LogP contribution in [0.5, 0.6) is 0 Å². The van der Waals surface area contributed by atoms with E-state index < -0.39 is 0 Å². The SMILES string of the molecule is Cc1nc(CN(C)C(=O)NC(C)c2cccc(N3CCCC3=O)c2)cs1. The number of anilines is 1. The zero-order chi connectivity index (χ0) is 18.7. The van der Waals surface area contributed by atoms with E-state index in [4.69, 9.17) is 0 Å². The Kier molecular flexibility index (Phi) is 5.56. The Balaban J connectivity index is 1.62. The van der Waals surface area contributed by atoms with E-state index in [9.17, 15) is 9.59 Å². The Morgan fingerprint density at radius 2 is 2.27 bits per heavy atom. The minimum atomic E-state index is -0.153. The maximum absolute atomic E-state index is 12.5. The van der Waals surface area contributed by atoms with Crippen LogP contribution in [0.15, 0.2) is 29.6 Å². The van der Waals surface area contributed by atoms with Gasteiger partial charge in [0.2, 0.25) is 5.91 Å². The van der Waals surface area contributed by atoms with Crippen LogP contribution < -0.4 is 10.2 Å². The highest BCUT2D eigenvalue weighted by atomic mass is 32.1. The summed E-state index contributed by atoms with van der Waals surface area (Å²) in [6, 6.07) is 7.53. The molecule has 0 radical (unpaired) electrons. The predicted octanol–water partition coefficient (Wildman–Crippen LogP) is 3.48. The molecule has 1 atom stereocenters. The molecule has 1 aliphatic heterocycles. The van der Waals surface area contributed by atoms with Crippen LogP contribution in [-0.2, 0) is 11.3 Å². The van der Waals surface area contributed by atoms with Gasteiger partial charge in [-0.3, -0.25) is 4.79 Å². The third kappa shape index (κ3) is 4.22. The monoisotopic (exact) mass is 372 g/mol. The number of rotatable bonds is 5. The normalized spacial score (nSPS) is 15.2. The molecule has 0 aliphatic carbocycles. The van der Waals surface area contributed by atoms with Gasteiger partial charge in [-0.15, -0.1) is 11.3 Å². The maximum atomic E-state index is 12.5. The molecule has 1 unspecified atom stereocenters. The van der Waals surface area contributed by atoms with Gasteiger partial charge in [0.25, 0.3) is 0 Å². The lowest BCUT2D eigenvalue weighted by Crippen LogP contribution is -2.38. The van der Waals surface area contributed by atoms with Crippen molar-refractivity contribution in [1.29, 1.82) is 0 Å². The van der Waals surface area contributed by atoms with Gasteiger partial charge in [-0.05, 0) is 38.0 Å². The fourth-order valence-electron chi connectivity index (χ4n) is 3.06. The quantitative estimate of drug-likeness (QED) is 0.874. The Morgan fingerprint density at radius 1 is 1.46 bits per heavy atom. The number of carbonyl (C=O) groups is 2. The number of amides is 3. The number of urea groups is 1. The summed E-state index contributed by atoms with van der Waals surface area (Å²) in [6.45, 7) is 5.14. The third-order valence-electron chi connectivity index (χ3n) is 4.51. The Bertz CT molecular complexity index is 804. The van der Waals surface area contributed by atoms with Gasteiger partial charge < -0.3 is 15.1 Å². The van der Waals surface area contributed by atoms with Crippen molar-refractivity contribution in [2.45, 2.75) is 39.3 Å². The molecular formula is C19H24N4O2S. The summed E-state index contributed by atoms with van der Waals surface area (Å²) in [7, 11) is 1.76. The molecule has 2 aromatic rings. The molecule has 3 amide bonds. The second-order valence-corrected chi connectivity index (χ2v) is 7.69. The number of hydrogen-bond acceptors (Lipinski definition) is 4. The fourth-order valence-corrected chi connectivity index (χ4v) is 3.66. The van der Waals surface area contributed by atoms with Crippen molar-refractivity contribution < 1.29 is 9.59 Å². The van der Waals surface area contributed by atoms with Gasteiger partial charge in [0.05, 0.1) is 23.3 Å². The molecule has 7 heteroatoms. The van der Waals surface area contributed by atoms with E-state index in [1.54, 1.807) is 23.3 Å². The average molecular weight is 372 g/mol. The van der Waals surface area contributed by atoms with Crippen LogP contribution in [0, 0.1) is 6.92 Å². The zero-order valence-electron chi connectivity index (χ0n) is 15.4. The summed E-state index contributed by atoms with van der Waals surface area (Å²) in [6.07, 6.45) is 1.51. The lowest BCUT2D eigenvalue weighted by atomic mass is 10.1. The Morgan fingerprint density at radius 3 is 2.92 bits per heavy atom. The van der Waals surface area contributed by atoms with Gasteiger partial charge in [-0.1, -0.05) is 12.1 Å². The number of aryl methyl sites for hydroxylation is 1. The standard InChI is InChI=1S/C19H24N4O2S/c1-13(20-19(25)22(3)11-16-12-26-14(2)21-16)15-6-4-7-17(10-15)23-9-5-8-18(23)24/h4,6-7,10,12-13H,5,8-9,11H2,1-3H3,(H,20,25). The number of benzene rings is 1. The second kappa shape index (κ2) is 7.86.